The van der Waals surface area contributed by atoms with Gasteiger partial charge in [-0.15, -0.1) is 0 Å². The van der Waals surface area contributed by atoms with Gasteiger partial charge in [-0.05, 0) is 66.1 Å². The maximum absolute atomic E-state index is 13.6. The highest BCUT2D eigenvalue weighted by Gasteiger charge is 2.41. The predicted molar refractivity (Wildman–Crippen MR) is 150 cm³/mol. The quantitative estimate of drug-likeness (QED) is 0.221. The first kappa shape index (κ1) is 23.4. The molecule has 190 valence electrons. The van der Waals surface area contributed by atoms with E-state index in [9.17, 15) is 4.79 Å². The monoisotopic (exact) mass is 588 g/mol. The van der Waals surface area contributed by atoms with Crippen molar-refractivity contribution in [2.24, 2.45) is 0 Å². The number of nitrogens with one attached hydrogen (secondary N) is 1. The average molecular weight is 590 g/mol. The first-order valence-corrected chi connectivity index (χ1v) is 13.4. The average Bonchev–Trinajstić information content (AvgIpc) is 3.48. The van der Waals surface area contributed by atoms with Crippen LogP contribution in [0.2, 0.25) is 5.02 Å². The number of hydrogen-bond acceptors (Lipinski definition) is 4. The van der Waals surface area contributed by atoms with E-state index in [2.05, 4.69) is 25.5 Å². The molecule has 3 aromatic carbocycles. The van der Waals surface area contributed by atoms with Crippen molar-refractivity contribution < 1.29 is 19.0 Å². The number of H-pyrrole nitrogens is 1. The summed E-state index contributed by atoms with van der Waals surface area (Å²) in [7, 11) is 3.09. The van der Waals surface area contributed by atoms with Crippen LogP contribution in [0.5, 0.6) is 11.5 Å². The number of hydrogen-bond donors (Lipinski definition) is 1. The Morgan fingerprint density at radius 3 is 2.68 bits per heavy atom. The van der Waals surface area contributed by atoms with Crippen LogP contribution in [0.25, 0.3) is 33.4 Å². The number of ether oxygens (including phenoxy) is 3. The molecule has 5 aromatic rings. The molecule has 0 spiro atoms. The summed E-state index contributed by atoms with van der Waals surface area (Å²) >= 11 is 9.83. The maximum Gasteiger partial charge on any atom is 0.340 e. The van der Waals surface area contributed by atoms with Gasteiger partial charge in [0.05, 0.1) is 36.9 Å². The minimum atomic E-state index is -0.431. The van der Waals surface area contributed by atoms with Crippen molar-refractivity contribution in [1.29, 1.82) is 0 Å². The Kier molecular flexibility index (Phi) is 5.35. The van der Waals surface area contributed by atoms with Crippen LogP contribution in [-0.2, 0) is 17.7 Å². The number of aromatic amines is 1. The van der Waals surface area contributed by atoms with Crippen molar-refractivity contribution in [3.63, 3.8) is 0 Å². The molecule has 0 saturated heterocycles. The lowest BCUT2D eigenvalue weighted by Gasteiger charge is -2.30. The topological polar surface area (TPSA) is 65.5 Å². The molecule has 0 aliphatic carbocycles. The molecule has 1 N–H and O–H groups in total. The van der Waals surface area contributed by atoms with Crippen molar-refractivity contribution in [3.05, 3.63) is 92.5 Å². The summed E-state index contributed by atoms with van der Waals surface area (Å²) in [6, 6.07) is 19.6. The number of fused-ring (bicyclic) bond motifs is 9. The molecule has 38 heavy (non-hydrogen) atoms. The van der Waals surface area contributed by atoms with Gasteiger partial charge in [0.1, 0.15) is 11.5 Å². The molecule has 7 rings (SSSR count). The van der Waals surface area contributed by atoms with Gasteiger partial charge in [-0.25, -0.2) is 4.79 Å². The van der Waals surface area contributed by atoms with E-state index in [1.165, 1.54) is 7.11 Å². The fourth-order valence-electron chi connectivity index (χ4n) is 5.86. The van der Waals surface area contributed by atoms with E-state index < -0.39 is 6.10 Å². The number of aromatic nitrogens is 2. The first-order chi connectivity index (χ1) is 18.5. The molecule has 2 aromatic heterocycles. The van der Waals surface area contributed by atoms with Crippen LogP contribution in [0.1, 0.15) is 33.3 Å². The minimum absolute atomic E-state index is 0.387. The summed E-state index contributed by atoms with van der Waals surface area (Å²) in [5.74, 6) is 1.11. The molecule has 1 atom stereocenters. The zero-order valence-corrected chi connectivity index (χ0v) is 22.9. The van der Waals surface area contributed by atoms with E-state index in [1.54, 1.807) is 7.11 Å². The largest absolute Gasteiger partial charge is 0.497 e. The number of methoxy groups -OCH3 is 2. The second-order valence-electron chi connectivity index (χ2n) is 9.46. The van der Waals surface area contributed by atoms with Gasteiger partial charge in [0.25, 0.3) is 0 Å². The Morgan fingerprint density at radius 1 is 1.11 bits per heavy atom. The minimum Gasteiger partial charge on any atom is -0.497 e. The molecule has 0 unspecified atom stereocenters. The highest BCUT2D eigenvalue weighted by atomic mass is 79.9. The normalized spacial score (nSPS) is 15.2. The Labute approximate surface area is 232 Å². The van der Waals surface area contributed by atoms with E-state index in [0.29, 0.717) is 22.9 Å². The van der Waals surface area contributed by atoms with E-state index in [4.69, 9.17) is 25.8 Å². The Bertz CT molecular complexity index is 1770. The maximum atomic E-state index is 13.6. The van der Waals surface area contributed by atoms with Crippen molar-refractivity contribution in [2.75, 3.05) is 14.2 Å². The van der Waals surface area contributed by atoms with Crippen LogP contribution in [0.3, 0.4) is 0 Å². The third kappa shape index (κ3) is 3.35. The number of aryl methyl sites for hydroxylation is 1. The molecular weight excluding hydrogens is 568 g/mol. The molecule has 6 nitrogen and oxygen atoms in total. The SMILES string of the molecule is COC(=O)c1c2c(n3c1-c1[nH]c4ccc(OC)cc4c1CC3)[C@H](c1ccc(Cl)cc1)Oc1ccc(Br)cc1-2. The third-order valence-corrected chi connectivity index (χ3v) is 8.25. The summed E-state index contributed by atoms with van der Waals surface area (Å²) in [5.41, 5.74) is 7.97. The van der Waals surface area contributed by atoms with Crippen LogP contribution in [0.4, 0.5) is 0 Å². The van der Waals surface area contributed by atoms with E-state index in [-0.39, 0.29) is 5.97 Å². The highest BCUT2D eigenvalue weighted by molar-refractivity contribution is 9.10. The van der Waals surface area contributed by atoms with Crippen LogP contribution in [0.15, 0.2) is 65.1 Å². The molecule has 0 amide bonds. The molecular formula is C30H22BrClN2O4. The van der Waals surface area contributed by atoms with Crippen molar-refractivity contribution in [1.82, 2.24) is 9.55 Å². The Morgan fingerprint density at radius 2 is 1.92 bits per heavy atom. The lowest BCUT2D eigenvalue weighted by Crippen LogP contribution is -2.21. The smallest absolute Gasteiger partial charge is 0.340 e. The summed E-state index contributed by atoms with van der Waals surface area (Å²) in [6.07, 6.45) is 0.356. The number of benzene rings is 3. The number of nitrogens with zero attached hydrogens (tertiary/aromatic N) is 1. The molecule has 0 bridgehead atoms. The number of carbonyl (C=O) groups is 1. The molecule has 2 aliphatic rings. The zero-order valence-electron chi connectivity index (χ0n) is 20.6. The van der Waals surface area contributed by atoms with E-state index >= 15 is 0 Å². The van der Waals surface area contributed by atoms with Crippen molar-refractivity contribution in [3.8, 4) is 34.0 Å². The Hall–Kier alpha value is -3.68. The fourth-order valence-corrected chi connectivity index (χ4v) is 6.35. The summed E-state index contributed by atoms with van der Waals surface area (Å²) in [5, 5.41) is 1.74. The highest BCUT2D eigenvalue weighted by Crippen LogP contribution is 2.53. The lowest BCUT2D eigenvalue weighted by atomic mass is 9.92. The molecule has 8 heteroatoms. The first-order valence-electron chi connectivity index (χ1n) is 12.2. The lowest BCUT2D eigenvalue weighted by molar-refractivity contribution is 0.0602. The third-order valence-electron chi connectivity index (χ3n) is 7.51. The van der Waals surface area contributed by atoms with Crippen LogP contribution >= 0.6 is 27.5 Å². The van der Waals surface area contributed by atoms with Gasteiger partial charge in [-0.2, -0.15) is 0 Å². The van der Waals surface area contributed by atoms with Crippen LogP contribution in [-0.4, -0.2) is 29.7 Å². The summed E-state index contributed by atoms with van der Waals surface area (Å²) in [6.45, 7) is 0.683. The fraction of sp³-hybridized carbons (Fsp3) is 0.167. The zero-order chi connectivity index (χ0) is 26.1. The Balaban J connectivity index is 1.58. The van der Waals surface area contributed by atoms with Gasteiger partial charge in [0.15, 0.2) is 6.10 Å². The summed E-state index contributed by atoms with van der Waals surface area (Å²) < 4.78 is 20.7. The van der Waals surface area contributed by atoms with Crippen molar-refractivity contribution in [2.45, 2.75) is 19.1 Å². The molecule has 0 saturated carbocycles. The molecule has 0 radical (unpaired) electrons. The second kappa shape index (κ2) is 8.68. The van der Waals surface area contributed by atoms with Gasteiger partial charge in [-0.3, -0.25) is 0 Å². The molecule has 2 aliphatic heterocycles. The number of esters is 1. The molecule has 0 fully saturated rings. The van der Waals surface area contributed by atoms with E-state index in [0.717, 1.165) is 66.9 Å². The van der Waals surface area contributed by atoms with Gasteiger partial charge >= 0.3 is 5.97 Å². The predicted octanol–water partition coefficient (Wildman–Crippen LogP) is 7.55. The van der Waals surface area contributed by atoms with Crippen LogP contribution in [0, 0.1) is 0 Å². The van der Waals surface area contributed by atoms with E-state index in [1.807, 2.05) is 60.7 Å². The number of rotatable bonds is 3. The standard InChI is InChI=1S/C30H22BrClN2O4/c1-36-18-8-9-22-20(14-18)19-11-12-34-27(26(19)33-22)25(30(35)37-2)24-21-13-16(31)5-10-23(21)38-29(28(24)34)15-3-6-17(32)7-4-15/h3-10,13-14,29,33H,11-12H2,1-2H3/t29-/m0/s1. The number of halogens is 2. The van der Waals surface area contributed by atoms with Gasteiger partial charge in [0, 0.05) is 38.1 Å². The second-order valence-corrected chi connectivity index (χ2v) is 10.8. The number of carbonyl (C=O) groups excluding carboxylic acids is 1. The van der Waals surface area contributed by atoms with Gasteiger partial charge in [-0.1, -0.05) is 39.7 Å². The van der Waals surface area contributed by atoms with Crippen molar-refractivity contribution >= 4 is 44.4 Å². The molecule has 4 heterocycles. The van der Waals surface area contributed by atoms with Gasteiger partial charge < -0.3 is 23.8 Å². The van der Waals surface area contributed by atoms with Gasteiger partial charge in [0.2, 0.25) is 0 Å². The summed E-state index contributed by atoms with van der Waals surface area (Å²) in [4.78, 5) is 17.2. The van der Waals surface area contributed by atoms with Crippen LogP contribution < -0.4 is 9.47 Å².